The van der Waals surface area contributed by atoms with Gasteiger partial charge in [-0.1, -0.05) is 0 Å². The summed E-state index contributed by atoms with van der Waals surface area (Å²) < 4.78 is 20.2. The molecule has 5 fully saturated rings. The number of piperidine rings is 3. The van der Waals surface area contributed by atoms with Gasteiger partial charge < -0.3 is 19.4 Å². The molecule has 0 N–H and O–H groups in total. The molecule has 0 aromatic heterocycles. The quantitative estimate of drug-likeness (QED) is 0.593. The van der Waals surface area contributed by atoms with Crippen LogP contribution in [0.15, 0.2) is 18.2 Å². The molecule has 2 atom stereocenters. The second-order valence-electron chi connectivity index (χ2n) is 12.4. The van der Waals surface area contributed by atoms with Crippen molar-refractivity contribution in [3.63, 3.8) is 0 Å². The van der Waals surface area contributed by atoms with E-state index < -0.39 is 0 Å². The van der Waals surface area contributed by atoms with Crippen LogP contribution in [0.4, 0.5) is 14.9 Å². The van der Waals surface area contributed by atoms with Crippen molar-refractivity contribution in [3.8, 4) is 0 Å². The van der Waals surface area contributed by atoms with Crippen molar-refractivity contribution >= 4 is 17.7 Å². The summed E-state index contributed by atoms with van der Waals surface area (Å²) in [6.45, 7) is 2.64. The van der Waals surface area contributed by atoms with E-state index >= 15 is 0 Å². The Kier molecular flexibility index (Phi) is 5.57. The van der Waals surface area contributed by atoms with Crippen LogP contribution < -0.4 is 4.90 Å². The van der Waals surface area contributed by atoms with Crippen LogP contribution in [0.2, 0.25) is 0 Å². The molecule has 2 aliphatic carbocycles. The smallest absolute Gasteiger partial charge is 0.410 e. The number of carbonyl (C=O) groups excluding carboxylic acids is 2. The Balaban J connectivity index is 1.04. The van der Waals surface area contributed by atoms with E-state index in [9.17, 15) is 14.0 Å². The van der Waals surface area contributed by atoms with Gasteiger partial charge in [0.05, 0.1) is 0 Å². The summed E-state index contributed by atoms with van der Waals surface area (Å²) >= 11 is 0. The Morgan fingerprint density at radius 3 is 2.25 bits per heavy atom. The van der Waals surface area contributed by atoms with E-state index in [0.717, 1.165) is 88.5 Å². The molecule has 4 heterocycles. The summed E-state index contributed by atoms with van der Waals surface area (Å²) in [6.07, 6.45) is 12.6. The Morgan fingerprint density at radius 2 is 1.61 bits per heavy atom. The van der Waals surface area contributed by atoms with Crippen molar-refractivity contribution in [3.05, 3.63) is 29.6 Å². The monoisotopic (exact) mass is 495 g/mol. The number of anilines is 1. The van der Waals surface area contributed by atoms with Gasteiger partial charge in [-0.05, 0) is 114 Å². The molecule has 2 bridgehead atoms. The third-order valence-corrected chi connectivity index (χ3v) is 10.2. The lowest BCUT2D eigenvalue weighted by atomic mass is 9.73. The standard InChI is InChI=1S/C29H38FN3O3/c30-20-9-10-26-25(15-20)29(18-32(26)27(34)19-7-8-19)11-13-31(14-12-29)23-16-21-3-1-4-22(17-23)33(21)28(35)36-24-5-2-6-24/h9-10,15,19,21-24H,1-8,11-14,16-18H2. The second-order valence-corrected chi connectivity index (χ2v) is 12.4. The van der Waals surface area contributed by atoms with Gasteiger partial charge in [-0.25, -0.2) is 9.18 Å². The highest BCUT2D eigenvalue weighted by molar-refractivity contribution is 5.99. The molecule has 3 saturated heterocycles. The molecule has 36 heavy (non-hydrogen) atoms. The minimum atomic E-state index is -0.203. The van der Waals surface area contributed by atoms with Gasteiger partial charge in [0, 0.05) is 41.7 Å². The van der Waals surface area contributed by atoms with E-state index in [2.05, 4.69) is 9.80 Å². The van der Waals surface area contributed by atoms with Gasteiger partial charge in [0.25, 0.3) is 0 Å². The average molecular weight is 496 g/mol. The number of hydrogen-bond acceptors (Lipinski definition) is 4. The highest BCUT2D eigenvalue weighted by Gasteiger charge is 2.50. The van der Waals surface area contributed by atoms with E-state index in [1.807, 2.05) is 11.0 Å². The van der Waals surface area contributed by atoms with Crippen LogP contribution in [0.3, 0.4) is 0 Å². The number of amides is 2. The third kappa shape index (κ3) is 3.84. The van der Waals surface area contributed by atoms with E-state index in [1.54, 1.807) is 6.07 Å². The van der Waals surface area contributed by atoms with Gasteiger partial charge in [0.15, 0.2) is 0 Å². The molecule has 7 heteroatoms. The maximum atomic E-state index is 14.3. The van der Waals surface area contributed by atoms with Crippen LogP contribution >= 0.6 is 0 Å². The molecule has 1 aromatic carbocycles. The Labute approximate surface area is 213 Å². The van der Waals surface area contributed by atoms with Crippen molar-refractivity contribution in [2.24, 2.45) is 5.92 Å². The fourth-order valence-electron chi connectivity index (χ4n) is 7.77. The van der Waals surface area contributed by atoms with Crippen LogP contribution in [0.25, 0.3) is 0 Å². The van der Waals surface area contributed by atoms with Gasteiger partial charge in [-0.2, -0.15) is 0 Å². The summed E-state index contributed by atoms with van der Waals surface area (Å²) in [6, 6.07) is 6.09. The molecule has 2 unspecified atom stereocenters. The van der Waals surface area contributed by atoms with Crippen molar-refractivity contribution in [2.75, 3.05) is 24.5 Å². The molecule has 1 spiro atoms. The molecule has 7 rings (SSSR count). The molecule has 4 aliphatic heterocycles. The number of ether oxygens (including phenoxy) is 1. The zero-order valence-corrected chi connectivity index (χ0v) is 21.2. The predicted octanol–water partition coefficient (Wildman–Crippen LogP) is 4.99. The van der Waals surface area contributed by atoms with Crippen molar-refractivity contribution in [2.45, 2.75) is 107 Å². The number of benzene rings is 1. The molecule has 2 amide bonds. The fraction of sp³-hybridized carbons (Fsp3) is 0.724. The molecular formula is C29H38FN3O3. The maximum Gasteiger partial charge on any atom is 0.410 e. The fourth-order valence-corrected chi connectivity index (χ4v) is 7.77. The predicted molar refractivity (Wildman–Crippen MR) is 134 cm³/mol. The minimum Gasteiger partial charge on any atom is -0.446 e. The lowest BCUT2D eigenvalue weighted by molar-refractivity contribution is -0.119. The molecule has 1 aromatic rings. The van der Waals surface area contributed by atoms with Gasteiger partial charge >= 0.3 is 6.09 Å². The van der Waals surface area contributed by atoms with Crippen LogP contribution in [-0.2, 0) is 14.9 Å². The van der Waals surface area contributed by atoms with Gasteiger partial charge in [0.1, 0.15) is 11.9 Å². The first-order valence-corrected chi connectivity index (χ1v) is 14.4. The van der Waals surface area contributed by atoms with Gasteiger partial charge in [-0.15, -0.1) is 0 Å². The van der Waals surface area contributed by atoms with Crippen LogP contribution in [-0.4, -0.2) is 65.7 Å². The lowest BCUT2D eigenvalue weighted by Gasteiger charge is -2.52. The van der Waals surface area contributed by atoms with E-state index in [4.69, 9.17) is 4.74 Å². The van der Waals surface area contributed by atoms with Crippen molar-refractivity contribution in [1.82, 2.24) is 9.80 Å². The van der Waals surface area contributed by atoms with Gasteiger partial charge in [-0.3, -0.25) is 4.79 Å². The largest absolute Gasteiger partial charge is 0.446 e. The summed E-state index contributed by atoms with van der Waals surface area (Å²) in [4.78, 5) is 32.7. The Morgan fingerprint density at radius 1 is 0.917 bits per heavy atom. The SMILES string of the molecule is O=C(C1CC1)N1CC2(CCN(C3CC4CCCC(C3)N4C(=O)OC3CCC3)CC2)c2cc(F)ccc21. The maximum absolute atomic E-state index is 14.3. The number of nitrogens with zero attached hydrogens (tertiary/aromatic N) is 3. The van der Waals surface area contributed by atoms with E-state index in [1.165, 1.54) is 18.9 Å². The zero-order chi connectivity index (χ0) is 24.4. The van der Waals surface area contributed by atoms with Gasteiger partial charge in [0.2, 0.25) is 5.91 Å². The highest BCUT2D eigenvalue weighted by atomic mass is 19.1. The summed E-state index contributed by atoms with van der Waals surface area (Å²) in [7, 11) is 0. The van der Waals surface area contributed by atoms with Crippen LogP contribution in [0.5, 0.6) is 0 Å². The summed E-state index contributed by atoms with van der Waals surface area (Å²) in [5.74, 6) is 0.195. The molecule has 194 valence electrons. The first kappa shape index (κ1) is 23.0. The summed E-state index contributed by atoms with van der Waals surface area (Å²) in [5.41, 5.74) is 1.85. The molecule has 0 radical (unpaired) electrons. The first-order chi connectivity index (χ1) is 17.5. The number of halogens is 1. The van der Waals surface area contributed by atoms with E-state index in [0.29, 0.717) is 24.7 Å². The molecule has 2 saturated carbocycles. The number of likely N-dealkylation sites (tertiary alicyclic amines) is 1. The lowest BCUT2D eigenvalue weighted by Crippen LogP contribution is -2.60. The third-order valence-electron chi connectivity index (χ3n) is 10.2. The minimum absolute atomic E-state index is 0.0737. The second kappa shape index (κ2) is 8.71. The van der Waals surface area contributed by atoms with E-state index in [-0.39, 0.29) is 35.3 Å². The summed E-state index contributed by atoms with van der Waals surface area (Å²) in [5, 5.41) is 0. The molecular weight excluding hydrogens is 457 g/mol. The molecule has 6 aliphatic rings. The number of rotatable bonds is 3. The number of carbonyl (C=O) groups is 2. The van der Waals surface area contributed by atoms with Crippen LogP contribution in [0.1, 0.15) is 82.6 Å². The Hall–Kier alpha value is -2.15. The molecule has 6 nitrogen and oxygen atoms in total. The van der Waals surface area contributed by atoms with Crippen LogP contribution in [0, 0.1) is 11.7 Å². The van der Waals surface area contributed by atoms with Crippen molar-refractivity contribution in [1.29, 1.82) is 0 Å². The Bertz CT molecular complexity index is 1030. The zero-order valence-electron chi connectivity index (χ0n) is 21.2. The topological polar surface area (TPSA) is 53.1 Å². The van der Waals surface area contributed by atoms with Crippen molar-refractivity contribution < 1.29 is 18.7 Å². The number of hydrogen-bond donors (Lipinski definition) is 0. The highest BCUT2D eigenvalue weighted by Crippen LogP contribution is 2.50. The number of fused-ring (bicyclic) bond motifs is 4. The normalized spacial score (nSPS) is 31.8. The average Bonchev–Trinajstić information content (AvgIpc) is 3.65. The first-order valence-electron chi connectivity index (χ1n) is 14.4.